The smallest absolute Gasteiger partial charge is 0.276 e. The molecule has 28 heavy (non-hydrogen) atoms. The van der Waals surface area contributed by atoms with Gasteiger partial charge in [-0.2, -0.15) is 14.6 Å². The van der Waals surface area contributed by atoms with Gasteiger partial charge in [-0.3, -0.25) is 0 Å². The van der Waals surface area contributed by atoms with Crippen molar-refractivity contribution >= 4 is 0 Å². The Morgan fingerprint density at radius 2 is 1.86 bits per heavy atom. The molecule has 4 heterocycles. The molecule has 0 bridgehead atoms. The molecule has 0 N–H and O–H groups in total. The number of nitriles is 1. The molecule has 0 aromatic carbocycles. The molecule has 0 fully saturated rings. The third kappa shape index (κ3) is 3.31. The van der Waals surface area contributed by atoms with Crippen LogP contribution in [-0.4, -0.2) is 25.1 Å². The minimum atomic E-state index is -0.708. The largest absolute Gasteiger partial charge is 0.332 e. The van der Waals surface area contributed by atoms with Crippen LogP contribution in [0.4, 0.5) is 8.78 Å². The van der Waals surface area contributed by atoms with Crippen molar-refractivity contribution in [2.45, 2.75) is 6.92 Å². The molecule has 0 amide bonds. The van der Waals surface area contributed by atoms with Crippen molar-refractivity contribution in [1.82, 2.24) is 25.1 Å². The van der Waals surface area contributed by atoms with Crippen LogP contribution in [-0.2, 0) is 0 Å². The summed E-state index contributed by atoms with van der Waals surface area (Å²) in [6.45, 7) is 1.73. The van der Waals surface area contributed by atoms with E-state index < -0.39 is 11.8 Å². The van der Waals surface area contributed by atoms with Crippen molar-refractivity contribution in [2.75, 3.05) is 0 Å². The van der Waals surface area contributed by atoms with Crippen molar-refractivity contribution in [3.8, 4) is 40.3 Å². The van der Waals surface area contributed by atoms with Gasteiger partial charge >= 0.3 is 0 Å². The summed E-state index contributed by atoms with van der Waals surface area (Å²) in [6, 6.07) is 9.21. The minimum Gasteiger partial charge on any atom is -0.332 e. The number of hydrogen-bond donors (Lipinski definition) is 0. The molecule has 9 heteroatoms. The molecule has 4 aromatic heterocycles. The first-order valence-corrected chi connectivity index (χ1v) is 8.04. The van der Waals surface area contributed by atoms with E-state index in [0.717, 1.165) is 12.4 Å². The summed E-state index contributed by atoms with van der Waals surface area (Å²) >= 11 is 0. The Morgan fingerprint density at radius 1 is 1.00 bits per heavy atom. The lowest BCUT2D eigenvalue weighted by molar-refractivity contribution is 0.430. The maximum atomic E-state index is 14.2. The molecule has 0 aliphatic heterocycles. The fourth-order valence-electron chi connectivity index (χ4n) is 2.58. The predicted molar refractivity (Wildman–Crippen MR) is 93.4 cm³/mol. The third-order valence-corrected chi connectivity index (χ3v) is 3.83. The van der Waals surface area contributed by atoms with Crippen molar-refractivity contribution in [3.05, 3.63) is 65.7 Å². The van der Waals surface area contributed by atoms with Gasteiger partial charge in [0.2, 0.25) is 11.8 Å². The van der Waals surface area contributed by atoms with Gasteiger partial charge in [-0.15, -0.1) is 0 Å². The van der Waals surface area contributed by atoms with Gasteiger partial charge in [-0.25, -0.2) is 19.3 Å². The highest BCUT2D eigenvalue weighted by atomic mass is 19.1. The zero-order valence-corrected chi connectivity index (χ0v) is 14.4. The van der Waals surface area contributed by atoms with E-state index in [-0.39, 0.29) is 22.8 Å². The van der Waals surface area contributed by atoms with Gasteiger partial charge < -0.3 is 4.52 Å². The first kappa shape index (κ1) is 17.4. The van der Waals surface area contributed by atoms with Gasteiger partial charge in [-0.1, -0.05) is 5.16 Å². The van der Waals surface area contributed by atoms with Gasteiger partial charge in [0, 0.05) is 17.5 Å². The van der Waals surface area contributed by atoms with Gasteiger partial charge in [0.05, 0.1) is 11.8 Å². The standard InChI is InChI=1S/C19H10F2N6O/c1-10-4-12(14-5-11(7-22)8-24-17(14)21)6-16(25-10)18-26-19(28-27-18)15-3-2-13(20)9-23-15/h2-6,8-9H,1H3. The number of halogens is 2. The highest BCUT2D eigenvalue weighted by Gasteiger charge is 2.16. The third-order valence-electron chi connectivity index (χ3n) is 3.83. The van der Waals surface area contributed by atoms with Crippen LogP contribution in [0.15, 0.2) is 47.2 Å². The Hall–Kier alpha value is -4.06. The van der Waals surface area contributed by atoms with E-state index in [4.69, 9.17) is 9.78 Å². The normalized spacial score (nSPS) is 10.6. The number of pyridine rings is 3. The van der Waals surface area contributed by atoms with Gasteiger partial charge in [0.15, 0.2) is 0 Å². The minimum absolute atomic E-state index is 0.0965. The highest BCUT2D eigenvalue weighted by Crippen LogP contribution is 2.27. The summed E-state index contributed by atoms with van der Waals surface area (Å²) in [5, 5.41) is 12.9. The number of rotatable bonds is 3. The average Bonchev–Trinajstić information content (AvgIpc) is 3.19. The quantitative estimate of drug-likeness (QED) is 0.502. The second-order valence-corrected chi connectivity index (χ2v) is 5.84. The molecule has 0 aliphatic carbocycles. The van der Waals surface area contributed by atoms with Crippen LogP contribution in [0.2, 0.25) is 0 Å². The molecule has 0 radical (unpaired) electrons. The fraction of sp³-hybridized carbons (Fsp3) is 0.0526. The van der Waals surface area contributed by atoms with Crippen molar-refractivity contribution in [2.24, 2.45) is 0 Å². The van der Waals surface area contributed by atoms with E-state index in [1.807, 2.05) is 6.07 Å². The maximum Gasteiger partial charge on any atom is 0.276 e. The topological polar surface area (TPSA) is 101 Å². The zero-order valence-electron chi connectivity index (χ0n) is 14.4. The summed E-state index contributed by atoms with van der Waals surface area (Å²) in [5.74, 6) is -0.932. The summed E-state index contributed by atoms with van der Waals surface area (Å²) in [7, 11) is 0. The summed E-state index contributed by atoms with van der Waals surface area (Å²) in [6.07, 6.45) is 2.20. The van der Waals surface area contributed by atoms with Crippen LogP contribution < -0.4 is 0 Å². The molecule has 0 spiro atoms. The van der Waals surface area contributed by atoms with Crippen LogP contribution in [0.25, 0.3) is 34.2 Å². The van der Waals surface area contributed by atoms with E-state index >= 15 is 0 Å². The lowest BCUT2D eigenvalue weighted by Gasteiger charge is -2.06. The molecule has 0 saturated heterocycles. The molecule has 0 unspecified atom stereocenters. The van der Waals surface area contributed by atoms with E-state index in [2.05, 4.69) is 25.1 Å². The number of hydrogen-bond acceptors (Lipinski definition) is 7. The summed E-state index contributed by atoms with van der Waals surface area (Å²) in [4.78, 5) is 16.1. The first-order valence-electron chi connectivity index (χ1n) is 8.04. The van der Waals surface area contributed by atoms with E-state index in [1.165, 1.54) is 18.2 Å². The molecule has 0 aliphatic rings. The summed E-state index contributed by atoms with van der Waals surface area (Å²) < 4.78 is 32.4. The predicted octanol–water partition coefficient (Wildman–Crippen LogP) is 3.71. The van der Waals surface area contributed by atoms with Gasteiger partial charge in [0.1, 0.15) is 23.3 Å². The Morgan fingerprint density at radius 3 is 2.61 bits per heavy atom. The number of aryl methyl sites for hydroxylation is 1. The molecule has 4 rings (SSSR count). The van der Waals surface area contributed by atoms with Gasteiger partial charge in [0.25, 0.3) is 5.89 Å². The van der Waals surface area contributed by atoms with Crippen molar-refractivity contribution in [1.29, 1.82) is 5.26 Å². The molecule has 0 atom stereocenters. The van der Waals surface area contributed by atoms with Crippen molar-refractivity contribution in [3.63, 3.8) is 0 Å². The Kier molecular flexibility index (Phi) is 4.29. The van der Waals surface area contributed by atoms with Crippen LogP contribution in [0.1, 0.15) is 11.3 Å². The number of nitrogens with zero attached hydrogens (tertiary/aromatic N) is 6. The Balaban J connectivity index is 1.76. The Bertz CT molecular complexity index is 1210. The highest BCUT2D eigenvalue weighted by molar-refractivity contribution is 5.69. The van der Waals surface area contributed by atoms with Crippen LogP contribution in [0.3, 0.4) is 0 Å². The SMILES string of the molecule is Cc1cc(-c2cc(C#N)cnc2F)cc(-c2noc(-c3ccc(F)cn3)n2)n1. The van der Waals surface area contributed by atoms with E-state index in [1.54, 1.807) is 19.1 Å². The maximum absolute atomic E-state index is 14.2. The zero-order chi connectivity index (χ0) is 19.7. The monoisotopic (exact) mass is 376 g/mol. The summed E-state index contributed by atoms with van der Waals surface area (Å²) in [5.41, 5.74) is 2.10. The second kappa shape index (κ2) is 6.92. The lowest BCUT2D eigenvalue weighted by atomic mass is 10.0. The fourth-order valence-corrected chi connectivity index (χ4v) is 2.58. The molecule has 0 saturated carbocycles. The first-order chi connectivity index (χ1) is 13.5. The molecular formula is C19H10F2N6O. The van der Waals surface area contributed by atoms with Crippen LogP contribution in [0, 0.1) is 30.0 Å². The van der Waals surface area contributed by atoms with E-state index in [9.17, 15) is 8.78 Å². The average molecular weight is 376 g/mol. The molecule has 136 valence electrons. The number of aromatic nitrogens is 5. The Labute approximate surface area is 157 Å². The van der Waals surface area contributed by atoms with Gasteiger partial charge in [-0.05, 0) is 42.8 Å². The molecule has 4 aromatic rings. The molecular weight excluding hydrogens is 366 g/mol. The second-order valence-electron chi connectivity index (χ2n) is 5.84. The molecule has 7 nitrogen and oxygen atoms in total. The van der Waals surface area contributed by atoms with Crippen molar-refractivity contribution < 1.29 is 13.3 Å². The van der Waals surface area contributed by atoms with Crippen LogP contribution in [0.5, 0.6) is 0 Å². The van der Waals surface area contributed by atoms with Crippen LogP contribution >= 0.6 is 0 Å². The van der Waals surface area contributed by atoms with E-state index in [0.29, 0.717) is 22.6 Å². The lowest BCUT2D eigenvalue weighted by Crippen LogP contribution is -1.95.